The molecule has 1 aliphatic rings. The summed E-state index contributed by atoms with van der Waals surface area (Å²) in [5.74, 6) is 1.20. The molecule has 1 saturated heterocycles. The Balaban J connectivity index is 2.02. The highest BCUT2D eigenvalue weighted by atomic mass is 19.1. The van der Waals surface area contributed by atoms with Gasteiger partial charge in [-0.3, -0.25) is 0 Å². The number of nitrogens with zero attached hydrogens (tertiary/aromatic N) is 2. The average molecular weight is 279 g/mol. The molecule has 1 aromatic heterocycles. The van der Waals surface area contributed by atoms with Crippen molar-refractivity contribution in [1.82, 2.24) is 10.3 Å². The van der Waals surface area contributed by atoms with Gasteiger partial charge in [-0.15, -0.1) is 0 Å². The summed E-state index contributed by atoms with van der Waals surface area (Å²) in [5, 5.41) is 3.17. The highest BCUT2D eigenvalue weighted by molar-refractivity contribution is 5.43. The van der Waals surface area contributed by atoms with Gasteiger partial charge in [0.1, 0.15) is 0 Å². The lowest BCUT2D eigenvalue weighted by Crippen LogP contribution is -2.35. The molecule has 2 rings (SSSR count). The summed E-state index contributed by atoms with van der Waals surface area (Å²) in [6, 6.07) is 1.77. The Kier molecular flexibility index (Phi) is 5.77. The maximum Gasteiger partial charge on any atom is 0.170 e. The maximum atomic E-state index is 14.5. The van der Waals surface area contributed by atoms with Crippen LogP contribution in [0.4, 0.5) is 10.2 Å². The van der Waals surface area contributed by atoms with Crippen LogP contribution in [0.1, 0.15) is 45.1 Å². The van der Waals surface area contributed by atoms with Crippen molar-refractivity contribution in [3.8, 4) is 0 Å². The van der Waals surface area contributed by atoms with E-state index in [1.54, 1.807) is 12.3 Å². The van der Waals surface area contributed by atoms with Crippen LogP contribution in [0.2, 0.25) is 0 Å². The fraction of sp³-hybridized carbons (Fsp3) is 0.688. The van der Waals surface area contributed by atoms with Gasteiger partial charge in [-0.25, -0.2) is 9.37 Å². The first-order chi connectivity index (χ1) is 9.76. The van der Waals surface area contributed by atoms with Crippen molar-refractivity contribution in [3.05, 3.63) is 23.6 Å². The Morgan fingerprint density at radius 3 is 2.75 bits per heavy atom. The molecule has 1 aromatic rings. The molecule has 3 nitrogen and oxygen atoms in total. The summed E-state index contributed by atoms with van der Waals surface area (Å²) >= 11 is 0. The minimum absolute atomic E-state index is 0.151. The second kappa shape index (κ2) is 7.58. The zero-order chi connectivity index (χ0) is 14.4. The monoisotopic (exact) mass is 279 g/mol. The molecule has 4 heteroatoms. The number of aromatic nitrogens is 1. The topological polar surface area (TPSA) is 28.2 Å². The number of anilines is 1. The lowest BCUT2D eigenvalue weighted by atomic mass is 9.92. The molecule has 0 radical (unpaired) electrons. The summed E-state index contributed by atoms with van der Waals surface area (Å²) in [5.41, 5.74) is 0.715. The second-order valence-corrected chi connectivity index (χ2v) is 5.61. The minimum atomic E-state index is -0.151. The van der Waals surface area contributed by atoms with Gasteiger partial charge >= 0.3 is 0 Å². The van der Waals surface area contributed by atoms with E-state index in [1.807, 2.05) is 6.92 Å². The van der Waals surface area contributed by atoms with Crippen molar-refractivity contribution < 1.29 is 4.39 Å². The summed E-state index contributed by atoms with van der Waals surface area (Å²) < 4.78 is 14.5. The number of rotatable bonds is 6. The van der Waals surface area contributed by atoms with Crippen molar-refractivity contribution in [2.75, 3.05) is 24.5 Å². The molecule has 1 N–H and O–H groups in total. The van der Waals surface area contributed by atoms with E-state index in [2.05, 4.69) is 22.1 Å². The minimum Gasteiger partial charge on any atom is -0.354 e. The highest BCUT2D eigenvalue weighted by Crippen LogP contribution is 2.27. The smallest absolute Gasteiger partial charge is 0.170 e. The van der Waals surface area contributed by atoms with E-state index < -0.39 is 0 Å². The molecule has 0 unspecified atom stereocenters. The second-order valence-electron chi connectivity index (χ2n) is 5.61. The molecule has 112 valence electrons. The Hall–Kier alpha value is -1.16. The Morgan fingerprint density at radius 2 is 2.10 bits per heavy atom. The van der Waals surface area contributed by atoms with Gasteiger partial charge in [0, 0.05) is 31.4 Å². The van der Waals surface area contributed by atoms with E-state index in [-0.39, 0.29) is 5.82 Å². The number of hydrogen-bond donors (Lipinski definition) is 1. The summed E-state index contributed by atoms with van der Waals surface area (Å²) in [6.45, 7) is 7.54. The van der Waals surface area contributed by atoms with Crippen molar-refractivity contribution in [1.29, 1.82) is 0 Å². The van der Waals surface area contributed by atoms with Gasteiger partial charge in [0.2, 0.25) is 0 Å². The molecule has 0 aliphatic carbocycles. The number of hydrogen-bond acceptors (Lipinski definition) is 3. The fourth-order valence-corrected chi connectivity index (χ4v) is 2.93. The van der Waals surface area contributed by atoms with Crippen LogP contribution in [-0.4, -0.2) is 24.6 Å². The molecule has 1 aliphatic heterocycles. The van der Waals surface area contributed by atoms with Crippen LogP contribution in [0.15, 0.2) is 12.3 Å². The van der Waals surface area contributed by atoms with E-state index in [0.717, 1.165) is 38.4 Å². The normalized spacial score (nSPS) is 16.6. The van der Waals surface area contributed by atoms with Crippen LogP contribution in [0.3, 0.4) is 0 Å². The Bertz CT molecular complexity index is 414. The zero-order valence-electron chi connectivity index (χ0n) is 12.7. The Morgan fingerprint density at radius 1 is 1.35 bits per heavy atom. The van der Waals surface area contributed by atoms with E-state index >= 15 is 0 Å². The van der Waals surface area contributed by atoms with Crippen LogP contribution in [-0.2, 0) is 6.54 Å². The summed E-state index contributed by atoms with van der Waals surface area (Å²) in [7, 11) is 0. The third-order valence-corrected chi connectivity index (χ3v) is 4.13. The van der Waals surface area contributed by atoms with Gasteiger partial charge in [-0.1, -0.05) is 26.7 Å². The molecule has 20 heavy (non-hydrogen) atoms. The molecule has 0 bridgehead atoms. The van der Waals surface area contributed by atoms with Gasteiger partial charge in [0.05, 0.1) is 0 Å². The van der Waals surface area contributed by atoms with E-state index in [9.17, 15) is 4.39 Å². The van der Waals surface area contributed by atoms with Crippen LogP contribution in [0.25, 0.3) is 0 Å². The molecule has 1 fully saturated rings. The average Bonchev–Trinajstić information content (AvgIpc) is 2.48. The molecule has 0 amide bonds. The molecular formula is C16H26FN3. The molecule has 0 aromatic carbocycles. The van der Waals surface area contributed by atoms with Crippen LogP contribution >= 0.6 is 0 Å². The van der Waals surface area contributed by atoms with Crippen molar-refractivity contribution in [3.63, 3.8) is 0 Å². The molecule has 0 saturated carbocycles. The van der Waals surface area contributed by atoms with Crippen LogP contribution in [0.5, 0.6) is 0 Å². The van der Waals surface area contributed by atoms with E-state index in [1.165, 1.54) is 12.8 Å². The van der Waals surface area contributed by atoms with Crippen molar-refractivity contribution >= 4 is 5.82 Å². The largest absolute Gasteiger partial charge is 0.354 e. The van der Waals surface area contributed by atoms with Crippen molar-refractivity contribution in [2.45, 2.75) is 46.1 Å². The molecule has 0 atom stereocenters. The van der Waals surface area contributed by atoms with Gasteiger partial charge in [0.25, 0.3) is 0 Å². The summed E-state index contributed by atoms with van der Waals surface area (Å²) in [4.78, 5) is 6.37. The van der Waals surface area contributed by atoms with Gasteiger partial charge in [0.15, 0.2) is 11.6 Å². The first-order valence-electron chi connectivity index (χ1n) is 7.85. The third kappa shape index (κ3) is 3.69. The van der Waals surface area contributed by atoms with Crippen LogP contribution in [0, 0.1) is 11.7 Å². The van der Waals surface area contributed by atoms with E-state index in [4.69, 9.17) is 0 Å². The number of piperidine rings is 1. The third-order valence-electron chi connectivity index (χ3n) is 4.13. The van der Waals surface area contributed by atoms with Gasteiger partial charge in [-0.2, -0.15) is 0 Å². The molecule has 2 heterocycles. The number of pyridine rings is 1. The first kappa shape index (κ1) is 15.2. The predicted molar refractivity (Wildman–Crippen MR) is 81.4 cm³/mol. The first-order valence-corrected chi connectivity index (χ1v) is 7.85. The lowest BCUT2D eigenvalue weighted by Gasteiger charge is -2.33. The standard InChI is InChI=1S/C16H26FN3/c1-3-5-13-7-10-20(11-8-13)16-15(17)14(6-9-19-16)12-18-4-2/h6,9,13,18H,3-5,7-8,10-12H2,1-2H3. The maximum absolute atomic E-state index is 14.5. The zero-order valence-corrected chi connectivity index (χ0v) is 12.7. The van der Waals surface area contributed by atoms with Gasteiger partial charge in [-0.05, 0) is 31.4 Å². The van der Waals surface area contributed by atoms with Crippen LogP contribution < -0.4 is 10.2 Å². The quantitative estimate of drug-likeness (QED) is 0.865. The van der Waals surface area contributed by atoms with E-state index in [0.29, 0.717) is 17.9 Å². The summed E-state index contributed by atoms with van der Waals surface area (Å²) in [6.07, 6.45) is 6.58. The van der Waals surface area contributed by atoms with Crippen molar-refractivity contribution in [2.24, 2.45) is 5.92 Å². The lowest BCUT2D eigenvalue weighted by molar-refractivity contribution is 0.375. The highest BCUT2D eigenvalue weighted by Gasteiger charge is 2.22. The number of nitrogens with one attached hydrogen (secondary N) is 1. The number of halogens is 1. The fourth-order valence-electron chi connectivity index (χ4n) is 2.93. The Labute approximate surface area is 121 Å². The van der Waals surface area contributed by atoms with Gasteiger partial charge < -0.3 is 10.2 Å². The SMILES string of the molecule is CCCC1CCN(c2nccc(CNCC)c2F)CC1. The predicted octanol–water partition coefficient (Wildman–Crippen LogP) is 3.35. The molecule has 0 spiro atoms. The molecular weight excluding hydrogens is 253 g/mol.